The number of Topliss-reactive ketones (excluding diaryl/α,β-unsaturated/α-hetero) is 4. The fraction of sp³-hybridized carbons (Fsp3) is 0.0345. The molecule has 0 saturated carbocycles. The van der Waals surface area contributed by atoms with Crippen LogP contribution in [0.15, 0.2) is 157 Å². The maximum Gasteiger partial charge on any atom is 0.419 e. The first-order valence-corrected chi connectivity index (χ1v) is 26.0. The van der Waals surface area contributed by atoms with E-state index in [0.29, 0.717) is 54.1 Å². The van der Waals surface area contributed by atoms with Gasteiger partial charge in [-0.15, -0.1) is 45.3 Å². The highest BCUT2D eigenvalue weighted by atomic mass is 32.1. The number of benzene rings is 6. The molecule has 0 bridgehead atoms. The molecule has 0 spiro atoms. The molecule has 0 unspecified atom stereocenters. The number of aromatic nitrogens is 2. The number of hydrogen-bond donors (Lipinski definition) is 0. The van der Waals surface area contributed by atoms with Crippen molar-refractivity contribution in [1.82, 2.24) is 9.13 Å². The van der Waals surface area contributed by atoms with Gasteiger partial charge in [0.2, 0.25) is 0 Å². The van der Waals surface area contributed by atoms with E-state index in [1.54, 1.807) is 45.6 Å². The molecule has 0 fully saturated rings. The third-order valence-corrected chi connectivity index (χ3v) is 18.3. The van der Waals surface area contributed by atoms with Crippen molar-refractivity contribution in [2.45, 2.75) is 13.2 Å². The van der Waals surface area contributed by atoms with Crippen LogP contribution in [0.1, 0.15) is 62.3 Å². The summed E-state index contributed by atoms with van der Waals surface area (Å²) in [6, 6.07) is 44.7. The summed E-state index contributed by atoms with van der Waals surface area (Å²) in [6.07, 6.45) is 1.98. The maximum absolute atomic E-state index is 14.6. The van der Waals surface area contributed by atoms with Crippen molar-refractivity contribution in [3.05, 3.63) is 200 Å². The molecule has 0 radical (unpaired) electrons. The van der Waals surface area contributed by atoms with Crippen molar-refractivity contribution in [2.24, 2.45) is 0 Å². The normalized spacial score (nSPS) is 13.6. The largest absolute Gasteiger partial charge is 0.444 e. The quantitative estimate of drug-likeness (QED) is 0.119. The van der Waals surface area contributed by atoms with Crippen molar-refractivity contribution in [3.8, 4) is 0 Å². The first-order valence-electron chi connectivity index (χ1n) is 22.7. The first kappa shape index (κ1) is 42.5. The third kappa shape index (κ3) is 6.43. The maximum atomic E-state index is 14.6. The number of ketones is 4. The fourth-order valence-corrected chi connectivity index (χ4v) is 15.3. The van der Waals surface area contributed by atoms with Crippen molar-refractivity contribution >= 4 is 165 Å². The lowest BCUT2D eigenvalue weighted by molar-refractivity contribution is 0.0975. The van der Waals surface area contributed by atoms with Gasteiger partial charge in [-0.25, -0.2) is 18.7 Å². The summed E-state index contributed by atoms with van der Waals surface area (Å²) in [7, 11) is 0. The highest BCUT2D eigenvalue weighted by Gasteiger charge is 2.36. The Labute approximate surface area is 422 Å². The molecule has 6 heterocycles. The van der Waals surface area contributed by atoms with Gasteiger partial charge >= 0.3 is 12.2 Å². The van der Waals surface area contributed by atoms with Gasteiger partial charge in [0.05, 0.1) is 61.4 Å². The Bertz CT molecular complexity index is 4120. The molecule has 0 atom stereocenters. The van der Waals surface area contributed by atoms with Crippen molar-refractivity contribution in [3.63, 3.8) is 0 Å². The minimum Gasteiger partial charge on any atom is -0.444 e. The Hall–Kier alpha value is -8.40. The number of allylic oxidation sites excluding steroid dienone is 2. The summed E-state index contributed by atoms with van der Waals surface area (Å²) in [5.41, 5.74) is 5.45. The molecule has 72 heavy (non-hydrogen) atoms. The monoisotopic (exact) mass is 1010 g/mol. The van der Waals surface area contributed by atoms with Gasteiger partial charge in [0.25, 0.3) is 0 Å². The summed E-state index contributed by atoms with van der Waals surface area (Å²) in [4.78, 5) is 85.9. The Morgan fingerprint density at radius 1 is 0.403 bits per heavy atom. The van der Waals surface area contributed by atoms with E-state index in [2.05, 4.69) is 0 Å². The summed E-state index contributed by atoms with van der Waals surface area (Å²) in [5.74, 6) is -1.42. The minimum absolute atomic E-state index is 0.0100. The van der Waals surface area contributed by atoms with Crippen LogP contribution in [0, 0.1) is 0 Å². The average molecular weight is 1010 g/mol. The van der Waals surface area contributed by atoms with Crippen molar-refractivity contribution in [1.29, 1.82) is 0 Å². The molecule has 14 rings (SSSR count). The van der Waals surface area contributed by atoms with E-state index in [4.69, 9.17) is 9.47 Å². The molecule has 6 aromatic carbocycles. The van der Waals surface area contributed by atoms with Gasteiger partial charge < -0.3 is 9.47 Å². The van der Waals surface area contributed by atoms with Gasteiger partial charge in [0.15, 0.2) is 23.1 Å². The molecule has 0 amide bonds. The van der Waals surface area contributed by atoms with E-state index in [-0.39, 0.29) is 47.5 Å². The van der Waals surface area contributed by atoms with Crippen LogP contribution in [0.5, 0.6) is 0 Å². The number of ether oxygens (including phenoxy) is 2. The van der Waals surface area contributed by atoms with E-state index in [9.17, 15) is 28.8 Å². The number of hydrogen-bond acceptors (Lipinski definition) is 12. The van der Waals surface area contributed by atoms with Crippen molar-refractivity contribution in [2.75, 3.05) is 0 Å². The van der Waals surface area contributed by atoms with Crippen LogP contribution in [0.3, 0.4) is 0 Å². The van der Waals surface area contributed by atoms with Gasteiger partial charge in [-0.05, 0) is 81.2 Å². The zero-order chi connectivity index (χ0) is 48.5. The first-order chi connectivity index (χ1) is 35.2. The highest BCUT2D eigenvalue weighted by Crippen LogP contribution is 2.53. The van der Waals surface area contributed by atoms with Crippen molar-refractivity contribution < 1.29 is 38.2 Å². The second kappa shape index (κ2) is 16.1. The Kier molecular flexibility index (Phi) is 9.48. The second-order valence-corrected chi connectivity index (χ2v) is 21.8. The summed E-state index contributed by atoms with van der Waals surface area (Å²) in [5, 5.41) is 3.46. The standard InChI is InChI=1S/C58H30N2O8S4/c61-47-37-19-31-15-7-8-16-32(31)20-38(37)48(62)41(47)23-35-25-43-51(69-35)53-45(59(43)57(65)67-27-29-11-3-1-4-12-29)55-56(71-53)46-54(72-55)52-44(60(46)58(66)68-28-30-13-5-2-6-14-30)26-36(70-52)24-42-49(63)39-21-33-17-9-10-18-34(33)22-40(39)50(42)64/h1-26H,27-28H2. The second-order valence-electron chi connectivity index (χ2n) is 17.6. The zero-order valence-corrected chi connectivity index (χ0v) is 40.5. The van der Waals surface area contributed by atoms with Crippen LogP contribution in [0.25, 0.3) is 84.0 Å². The number of fused-ring (bicyclic) bond motifs is 13. The smallest absolute Gasteiger partial charge is 0.419 e. The SMILES string of the molecule is O=C1C(=Cc2cc3c(s2)c2sc4c(sc5c6sc(C=C7C(=O)c8cc9ccccc9cc8C7=O)cc6n(C(=O)OCc6ccccc6)c54)c2n3C(=O)OCc2ccccc2)C(=O)c2cc3ccccc3cc21. The third-order valence-electron chi connectivity index (χ3n) is 13.4. The molecule has 344 valence electrons. The molecule has 12 aromatic rings. The molecule has 0 N–H and O–H groups in total. The van der Waals surface area contributed by atoms with E-state index >= 15 is 0 Å². The summed E-state index contributed by atoms with van der Waals surface area (Å²) in [6.45, 7) is 0.0200. The van der Waals surface area contributed by atoms with E-state index in [1.165, 1.54) is 45.3 Å². The van der Waals surface area contributed by atoms with Crippen LogP contribution >= 0.6 is 45.3 Å². The summed E-state index contributed by atoms with van der Waals surface area (Å²) < 4.78 is 19.7. The van der Waals surface area contributed by atoms with Crippen LogP contribution in [0.2, 0.25) is 0 Å². The lowest BCUT2D eigenvalue weighted by atomic mass is 10.0. The Balaban J connectivity index is 0.931. The molecule has 2 aliphatic rings. The van der Waals surface area contributed by atoms with E-state index in [1.807, 2.05) is 121 Å². The molecule has 14 heteroatoms. The molecule has 10 nitrogen and oxygen atoms in total. The fourth-order valence-electron chi connectivity index (χ4n) is 9.98. The number of nitrogens with zero attached hydrogens (tertiary/aromatic N) is 2. The number of carbonyl (C=O) groups is 6. The average Bonchev–Trinajstić information content (AvgIpc) is 4.29. The predicted molar refractivity (Wildman–Crippen MR) is 287 cm³/mol. The molecule has 6 aromatic heterocycles. The Morgan fingerprint density at radius 2 is 0.722 bits per heavy atom. The number of carbonyl (C=O) groups excluding carboxylic acids is 6. The van der Waals surface area contributed by atoms with Gasteiger partial charge in [0, 0.05) is 32.0 Å². The van der Waals surface area contributed by atoms with Crippen LogP contribution in [-0.2, 0) is 22.7 Å². The lowest BCUT2D eigenvalue weighted by Crippen LogP contribution is -2.13. The molecule has 2 aliphatic carbocycles. The minimum atomic E-state index is -0.624. The van der Waals surface area contributed by atoms with Gasteiger partial charge in [0.1, 0.15) is 13.2 Å². The van der Waals surface area contributed by atoms with E-state index in [0.717, 1.165) is 60.9 Å². The van der Waals surface area contributed by atoms with Crippen LogP contribution in [-0.4, -0.2) is 44.5 Å². The van der Waals surface area contributed by atoms with Crippen LogP contribution < -0.4 is 0 Å². The zero-order valence-electron chi connectivity index (χ0n) is 37.2. The van der Waals surface area contributed by atoms with Gasteiger partial charge in [-0.1, -0.05) is 109 Å². The summed E-state index contributed by atoms with van der Waals surface area (Å²) >= 11 is 5.58. The molecule has 0 aliphatic heterocycles. The Morgan fingerprint density at radius 3 is 1.07 bits per heavy atom. The topological polar surface area (TPSA) is 131 Å². The van der Waals surface area contributed by atoms with E-state index < -0.39 is 12.2 Å². The predicted octanol–water partition coefficient (Wildman–Crippen LogP) is 14.9. The highest BCUT2D eigenvalue weighted by molar-refractivity contribution is 7.40. The van der Waals surface area contributed by atoms with Gasteiger partial charge in [-0.2, -0.15) is 0 Å². The lowest BCUT2D eigenvalue weighted by Gasteiger charge is -2.07. The van der Waals surface area contributed by atoms with Gasteiger partial charge in [-0.3, -0.25) is 19.2 Å². The molecule has 0 saturated heterocycles. The number of rotatable bonds is 6. The molecular formula is C58H30N2O8S4. The van der Waals surface area contributed by atoms with Crippen LogP contribution in [0.4, 0.5) is 9.59 Å². The number of thiophene rings is 4. The molecular weight excluding hydrogens is 981 g/mol.